The number of fused-ring (bicyclic) bond motifs is 1. The second-order valence-electron chi connectivity index (χ2n) is 6.06. The van der Waals surface area contributed by atoms with Crippen LogP contribution < -0.4 is 5.32 Å². The number of amides is 1. The molecule has 3 unspecified atom stereocenters. The van der Waals surface area contributed by atoms with Gasteiger partial charge in [0.05, 0.1) is 11.3 Å². The Morgan fingerprint density at radius 1 is 1.13 bits per heavy atom. The molecule has 0 saturated heterocycles. The lowest BCUT2D eigenvalue weighted by Crippen LogP contribution is -2.33. The number of thioether (sulfide) groups is 1. The van der Waals surface area contributed by atoms with Gasteiger partial charge in [0.25, 0.3) is 0 Å². The Balaban J connectivity index is 2.03. The number of carbonyl (C=O) groups is 1. The molecule has 3 nitrogen and oxygen atoms in total. The Kier molecular flexibility index (Phi) is 6.48. The molecular formula is C19H25NO2S. The van der Waals surface area contributed by atoms with Gasteiger partial charge in [-0.25, -0.2) is 0 Å². The first-order valence-electron chi connectivity index (χ1n) is 8.03. The predicted octanol–water partition coefficient (Wildman–Crippen LogP) is 3.77. The number of rotatable bonds is 7. The normalized spacial score (nSPS) is 15.1. The van der Waals surface area contributed by atoms with Gasteiger partial charge in [-0.15, -0.1) is 11.8 Å². The Morgan fingerprint density at radius 2 is 1.83 bits per heavy atom. The van der Waals surface area contributed by atoms with Crippen molar-refractivity contribution in [1.29, 1.82) is 0 Å². The van der Waals surface area contributed by atoms with E-state index in [1.54, 1.807) is 11.8 Å². The van der Waals surface area contributed by atoms with Gasteiger partial charge in [0, 0.05) is 6.61 Å². The SMILES string of the molecule is CC(CO)CSC(C)C(=O)NC(C)c1cccc2ccccc12. The van der Waals surface area contributed by atoms with Crippen LogP contribution in [0.3, 0.4) is 0 Å². The van der Waals surface area contributed by atoms with Gasteiger partial charge in [0.1, 0.15) is 0 Å². The molecule has 0 spiro atoms. The third-order valence-electron chi connectivity index (χ3n) is 3.96. The molecule has 0 bridgehead atoms. The average molecular weight is 331 g/mol. The lowest BCUT2D eigenvalue weighted by Gasteiger charge is -2.20. The van der Waals surface area contributed by atoms with Gasteiger partial charge < -0.3 is 10.4 Å². The zero-order valence-electron chi connectivity index (χ0n) is 14.0. The van der Waals surface area contributed by atoms with Crippen molar-refractivity contribution in [3.63, 3.8) is 0 Å². The minimum absolute atomic E-state index is 0.0353. The van der Waals surface area contributed by atoms with Crippen molar-refractivity contribution < 1.29 is 9.90 Å². The summed E-state index contributed by atoms with van der Waals surface area (Å²) in [6, 6.07) is 14.4. The fourth-order valence-corrected chi connectivity index (χ4v) is 3.42. The van der Waals surface area contributed by atoms with Crippen molar-refractivity contribution in [3.8, 4) is 0 Å². The molecule has 3 atom stereocenters. The minimum atomic E-state index is -0.124. The maximum Gasteiger partial charge on any atom is 0.233 e. The summed E-state index contributed by atoms with van der Waals surface area (Å²) in [6.45, 7) is 6.08. The van der Waals surface area contributed by atoms with E-state index in [0.717, 1.165) is 11.3 Å². The zero-order chi connectivity index (χ0) is 16.8. The molecule has 0 saturated carbocycles. The summed E-state index contributed by atoms with van der Waals surface area (Å²) >= 11 is 1.59. The Labute approximate surface area is 142 Å². The van der Waals surface area contributed by atoms with Gasteiger partial charge in [0.15, 0.2) is 0 Å². The highest BCUT2D eigenvalue weighted by molar-refractivity contribution is 8.00. The van der Waals surface area contributed by atoms with Crippen LogP contribution in [0.15, 0.2) is 42.5 Å². The lowest BCUT2D eigenvalue weighted by molar-refractivity contribution is -0.120. The molecule has 0 heterocycles. The highest BCUT2D eigenvalue weighted by Gasteiger charge is 2.18. The van der Waals surface area contributed by atoms with Gasteiger partial charge in [-0.2, -0.15) is 0 Å². The van der Waals surface area contributed by atoms with E-state index in [2.05, 4.69) is 29.6 Å². The first-order chi connectivity index (χ1) is 11.0. The summed E-state index contributed by atoms with van der Waals surface area (Å²) in [5.74, 6) is 1.04. The number of hydrogen-bond acceptors (Lipinski definition) is 3. The van der Waals surface area contributed by atoms with Gasteiger partial charge in [-0.3, -0.25) is 4.79 Å². The van der Waals surface area contributed by atoms with Crippen molar-refractivity contribution in [1.82, 2.24) is 5.32 Å². The van der Waals surface area contributed by atoms with E-state index in [-0.39, 0.29) is 29.7 Å². The van der Waals surface area contributed by atoms with Gasteiger partial charge in [-0.05, 0) is 41.9 Å². The Hall–Kier alpha value is -1.52. The molecule has 0 aliphatic rings. The van der Waals surface area contributed by atoms with Gasteiger partial charge in [0.2, 0.25) is 5.91 Å². The largest absolute Gasteiger partial charge is 0.396 e. The van der Waals surface area contributed by atoms with Crippen LogP contribution in [0.1, 0.15) is 32.4 Å². The van der Waals surface area contributed by atoms with Crippen molar-refractivity contribution in [2.24, 2.45) is 5.92 Å². The van der Waals surface area contributed by atoms with E-state index in [0.29, 0.717) is 0 Å². The predicted molar refractivity (Wildman–Crippen MR) is 98.7 cm³/mol. The third kappa shape index (κ3) is 4.72. The summed E-state index contributed by atoms with van der Waals surface area (Å²) in [4.78, 5) is 12.4. The number of carbonyl (C=O) groups excluding carboxylic acids is 1. The maximum absolute atomic E-state index is 12.4. The first-order valence-corrected chi connectivity index (χ1v) is 9.08. The molecule has 2 N–H and O–H groups in total. The van der Waals surface area contributed by atoms with Crippen LogP contribution >= 0.6 is 11.8 Å². The van der Waals surface area contributed by atoms with E-state index >= 15 is 0 Å². The van der Waals surface area contributed by atoms with E-state index in [1.165, 1.54) is 10.8 Å². The first kappa shape index (κ1) is 17.8. The molecule has 0 aliphatic carbocycles. The van der Waals surface area contributed by atoms with Crippen molar-refractivity contribution in [2.45, 2.75) is 32.1 Å². The van der Waals surface area contributed by atoms with Crippen LogP contribution in [-0.4, -0.2) is 28.6 Å². The van der Waals surface area contributed by atoms with E-state index < -0.39 is 0 Å². The Bertz CT molecular complexity index is 653. The summed E-state index contributed by atoms with van der Waals surface area (Å²) < 4.78 is 0. The van der Waals surface area contributed by atoms with Crippen LogP contribution in [0.25, 0.3) is 10.8 Å². The van der Waals surface area contributed by atoms with E-state index in [4.69, 9.17) is 5.11 Å². The van der Waals surface area contributed by atoms with Crippen molar-refractivity contribution in [2.75, 3.05) is 12.4 Å². The molecule has 2 rings (SSSR count). The fraction of sp³-hybridized carbons (Fsp3) is 0.421. The fourth-order valence-electron chi connectivity index (χ4n) is 2.47. The molecule has 0 aromatic heterocycles. The third-order valence-corrected chi connectivity index (χ3v) is 5.44. The van der Waals surface area contributed by atoms with Crippen LogP contribution in [0, 0.1) is 5.92 Å². The van der Waals surface area contributed by atoms with Crippen LogP contribution in [-0.2, 0) is 4.79 Å². The van der Waals surface area contributed by atoms with E-state index in [9.17, 15) is 4.79 Å². The highest BCUT2D eigenvalue weighted by atomic mass is 32.2. The smallest absolute Gasteiger partial charge is 0.233 e. The van der Waals surface area contributed by atoms with Gasteiger partial charge in [-0.1, -0.05) is 49.4 Å². The topological polar surface area (TPSA) is 49.3 Å². The average Bonchev–Trinajstić information content (AvgIpc) is 2.58. The van der Waals surface area contributed by atoms with Crippen molar-refractivity contribution >= 4 is 28.4 Å². The van der Waals surface area contributed by atoms with Crippen LogP contribution in [0.5, 0.6) is 0 Å². The Morgan fingerprint density at radius 3 is 2.57 bits per heavy atom. The monoisotopic (exact) mass is 331 g/mol. The molecule has 4 heteroatoms. The molecule has 23 heavy (non-hydrogen) atoms. The quantitative estimate of drug-likeness (QED) is 0.812. The minimum Gasteiger partial charge on any atom is -0.396 e. The summed E-state index contributed by atoms with van der Waals surface area (Å²) in [7, 11) is 0. The number of aliphatic hydroxyl groups is 1. The van der Waals surface area contributed by atoms with E-state index in [1.807, 2.05) is 39.0 Å². The molecular weight excluding hydrogens is 306 g/mol. The summed E-state index contributed by atoms with van der Waals surface area (Å²) in [5, 5.41) is 14.4. The van der Waals surface area contributed by atoms with Crippen molar-refractivity contribution in [3.05, 3.63) is 48.0 Å². The number of nitrogens with one attached hydrogen (secondary N) is 1. The summed E-state index contributed by atoms with van der Waals surface area (Å²) in [6.07, 6.45) is 0. The molecule has 0 radical (unpaired) electrons. The second-order valence-corrected chi connectivity index (χ2v) is 7.44. The maximum atomic E-state index is 12.4. The van der Waals surface area contributed by atoms with Crippen LogP contribution in [0.2, 0.25) is 0 Å². The number of hydrogen-bond donors (Lipinski definition) is 2. The lowest BCUT2D eigenvalue weighted by atomic mass is 9.99. The summed E-state index contributed by atoms with van der Waals surface area (Å²) in [5.41, 5.74) is 1.14. The second kappa shape index (κ2) is 8.37. The number of benzene rings is 2. The molecule has 2 aromatic rings. The molecule has 0 fully saturated rings. The molecule has 0 aliphatic heterocycles. The molecule has 2 aromatic carbocycles. The van der Waals surface area contributed by atoms with Crippen LogP contribution in [0.4, 0.5) is 0 Å². The zero-order valence-corrected chi connectivity index (χ0v) is 14.8. The standard InChI is InChI=1S/C19H25NO2S/c1-13(11-21)12-23-15(3)19(22)20-14(2)17-10-6-8-16-7-4-5-9-18(16)17/h4-10,13-15,21H,11-12H2,1-3H3,(H,20,22). The molecule has 124 valence electrons. The number of aliphatic hydroxyl groups excluding tert-OH is 1. The van der Waals surface area contributed by atoms with Gasteiger partial charge >= 0.3 is 0 Å². The molecule has 1 amide bonds. The highest BCUT2D eigenvalue weighted by Crippen LogP contribution is 2.24.